The summed E-state index contributed by atoms with van der Waals surface area (Å²) < 4.78 is 11.3. The van der Waals surface area contributed by atoms with Gasteiger partial charge in [0.15, 0.2) is 5.76 Å². The number of allylic oxidation sites excluding steroid dienone is 1. The number of ketones is 1. The quantitative estimate of drug-likeness (QED) is 0.435. The van der Waals surface area contributed by atoms with Gasteiger partial charge in [0.1, 0.15) is 11.5 Å². The van der Waals surface area contributed by atoms with Crippen LogP contribution in [0.1, 0.15) is 47.1 Å². The molecule has 0 saturated heterocycles. The highest BCUT2D eigenvalue weighted by Crippen LogP contribution is 2.40. The van der Waals surface area contributed by atoms with Gasteiger partial charge in [-0.25, -0.2) is 0 Å². The molecule has 0 aliphatic carbocycles. The highest BCUT2D eigenvalue weighted by molar-refractivity contribution is 7.11. The van der Waals surface area contributed by atoms with E-state index in [1.807, 2.05) is 18.4 Å². The van der Waals surface area contributed by atoms with Crippen LogP contribution in [0.3, 0.4) is 0 Å². The van der Waals surface area contributed by atoms with Crippen LogP contribution in [-0.2, 0) is 4.79 Å². The van der Waals surface area contributed by atoms with E-state index in [0.29, 0.717) is 28.4 Å². The molecule has 0 atom stereocenters. The van der Waals surface area contributed by atoms with Crippen molar-refractivity contribution in [2.24, 2.45) is 5.41 Å². The standard InChI is InChI=1S/C20H20O4S/c1-11-8-9-25-16(11)10-15-17(21)13-6-7-14(12(2)18(13)23-15)24-19(22)20(3,4)5/h6-10H,1-5H3/b15-10-. The fourth-order valence-corrected chi connectivity index (χ4v) is 3.23. The number of fused-ring (bicyclic) bond motifs is 1. The van der Waals surface area contributed by atoms with Crippen molar-refractivity contribution in [1.82, 2.24) is 0 Å². The van der Waals surface area contributed by atoms with Crippen LogP contribution in [-0.4, -0.2) is 11.8 Å². The number of ether oxygens (including phenoxy) is 2. The highest BCUT2D eigenvalue weighted by atomic mass is 32.1. The molecule has 5 heteroatoms. The Bertz CT molecular complexity index is 897. The largest absolute Gasteiger partial charge is 0.452 e. The Morgan fingerprint density at radius 3 is 2.52 bits per heavy atom. The van der Waals surface area contributed by atoms with Crippen molar-refractivity contribution in [2.45, 2.75) is 34.6 Å². The first-order chi connectivity index (χ1) is 11.7. The lowest BCUT2D eigenvalue weighted by Crippen LogP contribution is -2.25. The van der Waals surface area contributed by atoms with Crippen molar-refractivity contribution in [3.63, 3.8) is 0 Å². The summed E-state index contributed by atoms with van der Waals surface area (Å²) in [6, 6.07) is 5.30. The summed E-state index contributed by atoms with van der Waals surface area (Å²) >= 11 is 1.56. The number of carbonyl (C=O) groups excluding carboxylic acids is 2. The highest BCUT2D eigenvalue weighted by Gasteiger charge is 2.32. The molecular weight excluding hydrogens is 336 g/mol. The maximum Gasteiger partial charge on any atom is 0.316 e. The first-order valence-corrected chi connectivity index (χ1v) is 8.90. The molecule has 1 aliphatic heterocycles. The second kappa shape index (κ2) is 6.15. The number of benzene rings is 1. The molecule has 130 valence electrons. The minimum absolute atomic E-state index is 0.153. The first kappa shape index (κ1) is 17.4. The maximum absolute atomic E-state index is 12.6. The predicted octanol–water partition coefficient (Wildman–Crippen LogP) is 4.93. The molecule has 0 saturated carbocycles. The number of aryl methyl sites for hydroxylation is 1. The SMILES string of the molecule is Cc1ccsc1/C=C1\Oc2c(ccc(OC(=O)C(C)(C)C)c2C)C1=O. The van der Waals surface area contributed by atoms with E-state index in [-0.39, 0.29) is 11.8 Å². The average Bonchev–Trinajstić information content (AvgIpc) is 3.07. The molecule has 0 spiro atoms. The third-order valence-corrected chi connectivity index (χ3v) is 4.98. The maximum atomic E-state index is 12.6. The van der Waals surface area contributed by atoms with Gasteiger partial charge in [0, 0.05) is 16.5 Å². The van der Waals surface area contributed by atoms with Gasteiger partial charge in [-0.3, -0.25) is 9.59 Å². The number of Topliss-reactive ketones (excluding diaryl/α,β-unsaturated/α-hetero) is 1. The first-order valence-electron chi connectivity index (χ1n) is 8.02. The number of hydrogen-bond donors (Lipinski definition) is 0. The number of hydrogen-bond acceptors (Lipinski definition) is 5. The second-order valence-corrected chi connectivity index (χ2v) is 8.06. The fourth-order valence-electron chi connectivity index (χ4n) is 2.38. The van der Waals surface area contributed by atoms with E-state index in [2.05, 4.69) is 0 Å². The minimum atomic E-state index is -0.607. The number of carbonyl (C=O) groups is 2. The lowest BCUT2D eigenvalue weighted by atomic mass is 9.97. The van der Waals surface area contributed by atoms with E-state index in [1.54, 1.807) is 57.2 Å². The van der Waals surface area contributed by atoms with Crippen molar-refractivity contribution in [2.75, 3.05) is 0 Å². The molecule has 0 bridgehead atoms. The molecular formula is C20H20O4S. The Labute approximate surface area is 151 Å². The van der Waals surface area contributed by atoms with E-state index in [9.17, 15) is 9.59 Å². The summed E-state index contributed by atoms with van der Waals surface area (Å²) in [6.45, 7) is 9.16. The average molecular weight is 356 g/mol. The zero-order valence-corrected chi connectivity index (χ0v) is 15.7. The van der Waals surface area contributed by atoms with Gasteiger partial charge < -0.3 is 9.47 Å². The summed E-state index contributed by atoms with van der Waals surface area (Å²) in [5.74, 6) is 0.692. The monoisotopic (exact) mass is 356 g/mol. The van der Waals surface area contributed by atoms with Crippen LogP contribution < -0.4 is 9.47 Å². The molecule has 0 unspecified atom stereocenters. The summed E-state index contributed by atoms with van der Waals surface area (Å²) in [5.41, 5.74) is 1.63. The molecule has 1 aliphatic rings. The molecule has 2 heterocycles. The Morgan fingerprint density at radius 2 is 1.92 bits per heavy atom. The summed E-state index contributed by atoms with van der Waals surface area (Å²) in [7, 11) is 0. The number of rotatable bonds is 2. The minimum Gasteiger partial charge on any atom is -0.452 e. The molecule has 2 aromatic rings. The second-order valence-electron chi connectivity index (χ2n) is 7.11. The summed E-state index contributed by atoms with van der Waals surface area (Å²) in [6.07, 6.45) is 1.77. The zero-order valence-electron chi connectivity index (χ0n) is 14.9. The van der Waals surface area contributed by atoms with Gasteiger partial charge in [-0.15, -0.1) is 11.3 Å². The topological polar surface area (TPSA) is 52.6 Å². The van der Waals surface area contributed by atoms with E-state index >= 15 is 0 Å². The van der Waals surface area contributed by atoms with Crippen molar-refractivity contribution >= 4 is 29.2 Å². The van der Waals surface area contributed by atoms with Gasteiger partial charge >= 0.3 is 5.97 Å². The van der Waals surface area contributed by atoms with Crippen LogP contribution in [0.4, 0.5) is 0 Å². The molecule has 1 aromatic heterocycles. The van der Waals surface area contributed by atoms with Crippen molar-refractivity contribution < 1.29 is 19.1 Å². The fraction of sp³-hybridized carbons (Fsp3) is 0.300. The van der Waals surface area contributed by atoms with Crippen molar-refractivity contribution in [1.29, 1.82) is 0 Å². The van der Waals surface area contributed by atoms with Gasteiger partial charge in [0.05, 0.1) is 11.0 Å². The van der Waals surface area contributed by atoms with E-state index in [1.165, 1.54) is 0 Å². The molecule has 0 fully saturated rings. The molecule has 0 amide bonds. The van der Waals surface area contributed by atoms with Crippen molar-refractivity contribution in [3.8, 4) is 11.5 Å². The van der Waals surface area contributed by atoms with Crippen LogP contribution in [0.5, 0.6) is 11.5 Å². The van der Waals surface area contributed by atoms with E-state index < -0.39 is 5.41 Å². The number of thiophene rings is 1. The van der Waals surface area contributed by atoms with Crippen LogP contribution in [0.25, 0.3) is 6.08 Å². The van der Waals surface area contributed by atoms with Crippen LogP contribution >= 0.6 is 11.3 Å². The van der Waals surface area contributed by atoms with Crippen LogP contribution in [0.15, 0.2) is 29.3 Å². The molecule has 0 N–H and O–H groups in total. The summed E-state index contributed by atoms with van der Waals surface area (Å²) in [4.78, 5) is 25.7. The molecule has 0 radical (unpaired) electrons. The molecule has 3 rings (SSSR count). The van der Waals surface area contributed by atoms with Gasteiger partial charge in [0.25, 0.3) is 0 Å². The summed E-state index contributed by atoms with van der Waals surface area (Å²) in [5, 5.41) is 1.98. The van der Waals surface area contributed by atoms with Crippen LogP contribution in [0.2, 0.25) is 0 Å². The van der Waals surface area contributed by atoms with Crippen molar-refractivity contribution in [3.05, 3.63) is 50.9 Å². The Morgan fingerprint density at radius 1 is 1.20 bits per heavy atom. The van der Waals surface area contributed by atoms with E-state index in [0.717, 1.165) is 10.4 Å². The third kappa shape index (κ3) is 3.24. The predicted molar refractivity (Wildman–Crippen MR) is 98.3 cm³/mol. The van der Waals surface area contributed by atoms with Gasteiger partial charge in [-0.2, -0.15) is 0 Å². The Kier molecular flexibility index (Phi) is 4.29. The zero-order chi connectivity index (χ0) is 18.4. The molecule has 4 nitrogen and oxygen atoms in total. The Hall–Kier alpha value is -2.40. The lowest BCUT2D eigenvalue weighted by Gasteiger charge is -2.17. The van der Waals surface area contributed by atoms with E-state index in [4.69, 9.17) is 9.47 Å². The molecule has 1 aromatic carbocycles. The normalized spacial score (nSPS) is 15.2. The number of esters is 1. The smallest absolute Gasteiger partial charge is 0.316 e. The van der Waals surface area contributed by atoms with Crippen LogP contribution in [0, 0.1) is 19.3 Å². The molecule has 25 heavy (non-hydrogen) atoms. The lowest BCUT2D eigenvalue weighted by molar-refractivity contribution is -0.143. The van der Waals surface area contributed by atoms with Gasteiger partial charge in [0.2, 0.25) is 5.78 Å². The van der Waals surface area contributed by atoms with Gasteiger partial charge in [-0.1, -0.05) is 0 Å². The van der Waals surface area contributed by atoms with Gasteiger partial charge in [-0.05, 0) is 63.8 Å². The Balaban J connectivity index is 1.94. The third-order valence-electron chi connectivity index (χ3n) is 4.02.